The van der Waals surface area contributed by atoms with Crippen LogP contribution in [-0.2, 0) is 6.54 Å². The van der Waals surface area contributed by atoms with Gasteiger partial charge in [0.1, 0.15) is 5.75 Å². The van der Waals surface area contributed by atoms with Gasteiger partial charge in [0.25, 0.3) is 0 Å². The first-order valence-electron chi connectivity index (χ1n) is 7.95. The van der Waals surface area contributed by atoms with E-state index in [1.165, 1.54) is 12.1 Å². The van der Waals surface area contributed by atoms with E-state index in [1.54, 1.807) is 30.3 Å². The summed E-state index contributed by atoms with van der Waals surface area (Å²) in [5.74, 6) is -0.256. The molecule has 0 saturated carbocycles. The predicted molar refractivity (Wildman–Crippen MR) is 102 cm³/mol. The van der Waals surface area contributed by atoms with Crippen LogP contribution in [0.3, 0.4) is 0 Å². The molecule has 2 nitrogen and oxygen atoms in total. The Bertz CT molecular complexity index is 907. The van der Waals surface area contributed by atoms with Crippen LogP contribution >= 0.6 is 23.2 Å². The number of benzene rings is 3. The Morgan fingerprint density at radius 3 is 2.07 bits per heavy atom. The van der Waals surface area contributed by atoms with Crippen LogP contribution in [0.2, 0.25) is 10.0 Å². The lowest BCUT2D eigenvalue weighted by Gasteiger charge is -2.12. The second-order valence-electron chi connectivity index (χ2n) is 5.71. The zero-order valence-corrected chi connectivity index (χ0v) is 15.4. The zero-order chi connectivity index (χ0) is 19.4. The minimum atomic E-state index is -4.70. The molecule has 0 bridgehead atoms. The fourth-order valence-corrected chi connectivity index (χ4v) is 3.08. The molecule has 0 unspecified atom stereocenters. The third-order valence-electron chi connectivity index (χ3n) is 3.81. The molecule has 3 rings (SSSR count). The number of ether oxygens (including phenoxy) is 1. The molecule has 0 saturated heterocycles. The monoisotopic (exact) mass is 411 g/mol. The van der Waals surface area contributed by atoms with Crippen molar-refractivity contribution in [3.63, 3.8) is 0 Å². The highest BCUT2D eigenvalue weighted by Gasteiger charge is 2.30. The van der Waals surface area contributed by atoms with Gasteiger partial charge in [-0.3, -0.25) is 0 Å². The van der Waals surface area contributed by atoms with Gasteiger partial charge in [0.05, 0.1) is 0 Å². The van der Waals surface area contributed by atoms with Crippen LogP contribution in [0.5, 0.6) is 5.75 Å². The third kappa shape index (κ3) is 5.31. The molecule has 3 aromatic rings. The summed E-state index contributed by atoms with van der Waals surface area (Å²) < 4.78 is 40.6. The van der Waals surface area contributed by atoms with Crippen molar-refractivity contribution >= 4 is 28.9 Å². The summed E-state index contributed by atoms with van der Waals surface area (Å²) in [6.45, 7) is 0.445. The quantitative estimate of drug-likeness (QED) is 0.480. The zero-order valence-electron chi connectivity index (χ0n) is 13.9. The molecule has 0 aliphatic rings. The molecule has 7 heteroatoms. The van der Waals surface area contributed by atoms with Gasteiger partial charge in [-0.1, -0.05) is 53.5 Å². The molecule has 0 amide bonds. The second-order valence-corrected chi connectivity index (χ2v) is 6.52. The van der Waals surface area contributed by atoms with Crippen LogP contribution in [0.1, 0.15) is 5.56 Å². The third-order valence-corrected chi connectivity index (χ3v) is 4.52. The first kappa shape index (κ1) is 19.4. The lowest BCUT2D eigenvalue weighted by atomic mass is 10.0. The number of nitrogens with one attached hydrogen (secondary N) is 1. The molecule has 140 valence electrons. The van der Waals surface area contributed by atoms with Crippen molar-refractivity contribution in [2.45, 2.75) is 12.9 Å². The minimum Gasteiger partial charge on any atom is -0.406 e. The topological polar surface area (TPSA) is 21.3 Å². The molecule has 0 fully saturated rings. The Kier molecular flexibility index (Phi) is 5.82. The maximum Gasteiger partial charge on any atom is 0.573 e. The van der Waals surface area contributed by atoms with Crippen molar-refractivity contribution in [2.24, 2.45) is 0 Å². The van der Waals surface area contributed by atoms with Crippen LogP contribution in [0.4, 0.5) is 18.9 Å². The Morgan fingerprint density at radius 2 is 1.44 bits per heavy atom. The highest BCUT2D eigenvalue weighted by molar-refractivity contribution is 6.36. The van der Waals surface area contributed by atoms with Gasteiger partial charge in [0.15, 0.2) is 0 Å². The number of rotatable bonds is 5. The summed E-state index contributed by atoms with van der Waals surface area (Å²) >= 11 is 12.3. The van der Waals surface area contributed by atoms with Crippen LogP contribution in [0.15, 0.2) is 66.7 Å². The Balaban J connectivity index is 1.74. The largest absolute Gasteiger partial charge is 0.573 e. The van der Waals surface area contributed by atoms with Gasteiger partial charge in [0, 0.05) is 27.8 Å². The first-order valence-corrected chi connectivity index (χ1v) is 8.70. The SMILES string of the molecule is FC(F)(F)Oc1ccc(-c2cccc(NCc3c(Cl)cccc3Cl)c2)cc1. The molecule has 0 aliphatic heterocycles. The minimum absolute atomic E-state index is 0.256. The molecular weight excluding hydrogens is 398 g/mol. The number of alkyl halides is 3. The van der Waals surface area contributed by atoms with Gasteiger partial charge in [-0.05, 0) is 47.5 Å². The van der Waals surface area contributed by atoms with Crippen molar-refractivity contribution in [3.8, 4) is 16.9 Å². The second kappa shape index (κ2) is 8.11. The van der Waals surface area contributed by atoms with Gasteiger partial charge in [-0.25, -0.2) is 0 Å². The fourth-order valence-electron chi connectivity index (χ4n) is 2.55. The summed E-state index contributed by atoms with van der Waals surface area (Å²) in [6, 6.07) is 18.5. The highest BCUT2D eigenvalue weighted by atomic mass is 35.5. The van der Waals surface area contributed by atoms with Crippen LogP contribution < -0.4 is 10.1 Å². The van der Waals surface area contributed by atoms with Gasteiger partial charge in [-0.2, -0.15) is 0 Å². The molecule has 0 spiro atoms. The van der Waals surface area contributed by atoms with E-state index in [-0.39, 0.29) is 5.75 Å². The first-order chi connectivity index (χ1) is 12.8. The van der Waals surface area contributed by atoms with Crippen molar-refractivity contribution < 1.29 is 17.9 Å². The van der Waals surface area contributed by atoms with E-state index in [1.807, 2.05) is 24.3 Å². The summed E-state index contributed by atoms with van der Waals surface area (Å²) in [4.78, 5) is 0. The van der Waals surface area contributed by atoms with Gasteiger partial charge < -0.3 is 10.1 Å². The van der Waals surface area contributed by atoms with Crippen molar-refractivity contribution in [2.75, 3.05) is 5.32 Å². The molecule has 3 aromatic carbocycles. The normalized spacial score (nSPS) is 11.3. The van der Waals surface area contributed by atoms with E-state index in [0.29, 0.717) is 16.6 Å². The number of hydrogen-bond donors (Lipinski definition) is 1. The predicted octanol–water partition coefficient (Wildman–Crippen LogP) is 7.17. The maximum absolute atomic E-state index is 12.2. The average molecular weight is 412 g/mol. The summed E-state index contributed by atoms with van der Waals surface area (Å²) in [6.07, 6.45) is -4.70. The molecule has 0 radical (unpaired) electrons. The average Bonchev–Trinajstić information content (AvgIpc) is 2.61. The summed E-state index contributed by atoms with van der Waals surface area (Å²) in [5.41, 5.74) is 3.24. The lowest BCUT2D eigenvalue weighted by molar-refractivity contribution is -0.274. The van der Waals surface area contributed by atoms with Crippen molar-refractivity contribution in [3.05, 3.63) is 82.3 Å². The van der Waals surface area contributed by atoms with Crippen molar-refractivity contribution in [1.82, 2.24) is 0 Å². The molecule has 27 heavy (non-hydrogen) atoms. The van der Waals surface area contributed by atoms with E-state index in [2.05, 4.69) is 10.1 Å². The Hall–Kier alpha value is -2.37. The highest BCUT2D eigenvalue weighted by Crippen LogP contribution is 2.29. The fraction of sp³-hybridized carbons (Fsp3) is 0.100. The molecule has 0 heterocycles. The van der Waals surface area contributed by atoms with E-state index >= 15 is 0 Å². The van der Waals surface area contributed by atoms with Crippen LogP contribution in [0.25, 0.3) is 11.1 Å². The van der Waals surface area contributed by atoms with E-state index in [9.17, 15) is 13.2 Å². The maximum atomic E-state index is 12.2. The Morgan fingerprint density at radius 1 is 0.815 bits per heavy atom. The molecule has 0 aliphatic carbocycles. The lowest BCUT2D eigenvalue weighted by Crippen LogP contribution is -2.16. The molecule has 0 atom stereocenters. The van der Waals surface area contributed by atoms with Crippen LogP contribution in [0, 0.1) is 0 Å². The van der Waals surface area contributed by atoms with E-state index < -0.39 is 6.36 Å². The number of anilines is 1. The van der Waals surface area contributed by atoms with E-state index in [4.69, 9.17) is 23.2 Å². The molecule has 1 N–H and O–H groups in total. The van der Waals surface area contributed by atoms with E-state index in [0.717, 1.165) is 22.4 Å². The standard InChI is InChI=1S/C20H14Cl2F3NO/c21-18-5-2-6-19(22)17(18)12-26-15-4-1-3-14(11-15)13-7-9-16(10-8-13)27-20(23,24)25/h1-11,26H,12H2. The van der Waals surface area contributed by atoms with Gasteiger partial charge >= 0.3 is 6.36 Å². The summed E-state index contributed by atoms with van der Waals surface area (Å²) in [7, 11) is 0. The molecule has 0 aromatic heterocycles. The number of hydrogen-bond acceptors (Lipinski definition) is 2. The van der Waals surface area contributed by atoms with Crippen LogP contribution in [-0.4, -0.2) is 6.36 Å². The summed E-state index contributed by atoms with van der Waals surface area (Å²) in [5, 5.41) is 4.40. The van der Waals surface area contributed by atoms with Crippen molar-refractivity contribution in [1.29, 1.82) is 0 Å². The molecular formula is C20H14Cl2F3NO. The van der Waals surface area contributed by atoms with Gasteiger partial charge in [-0.15, -0.1) is 13.2 Å². The smallest absolute Gasteiger partial charge is 0.406 e. The Labute approximate surface area is 164 Å². The number of halogens is 5. The van der Waals surface area contributed by atoms with Gasteiger partial charge in [0.2, 0.25) is 0 Å².